The van der Waals surface area contributed by atoms with Crippen LogP contribution in [-0.4, -0.2) is 48.7 Å². The van der Waals surface area contributed by atoms with Crippen LogP contribution in [-0.2, 0) is 25.6 Å². The molecule has 0 saturated carbocycles. The lowest BCUT2D eigenvalue weighted by Gasteiger charge is -2.23. The Morgan fingerprint density at radius 3 is 2.11 bits per heavy atom. The Kier molecular flexibility index (Phi) is 10.7. The van der Waals surface area contributed by atoms with Crippen molar-refractivity contribution < 1.29 is 33.4 Å². The van der Waals surface area contributed by atoms with Crippen LogP contribution in [0.5, 0.6) is 0 Å². The summed E-state index contributed by atoms with van der Waals surface area (Å²) >= 11 is 0. The van der Waals surface area contributed by atoms with E-state index in [1.165, 1.54) is 0 Å². The minimum absolute atomic E-state index is 0.136. The quantitative estimate of drug-likeness (QED) is 0.214. The van der Waals surface area contributed by atoms with Crippen LogP contribution >= 0.6 is 0 Å². The second kappa shape index (κ2) is 13.7. The van der Waals surface area contributed by atoms with E-state index in [2.05, 4.69) is 10.6 Å². The zero-order chi connectivity index (χ0) is 25.7. The molecule has 2 aromatic carbocycles. The topological polar surface area (TPSA) is 120 Å². The van der Waals surface area contributed by atoms with E-state index < -0.39 is 36.4 Å². The van der Waals surface area contributed by atoms with Crippen LogP contribution in [0.2, 0.25) is 0 Å². The standard InChI is InChI=1S/C26H32N2O7/c1-26(2,3)35-25(32)28-21(23(30)33-18-22(29)20-13-8-5-9-14-20)15-10-16-27-24(31)34-17-19-11-6-4-7-12-19/h4-9,11-14,21H,10,15-18H2,1-3H3,(H,27,31)(H,28,32)/t21-/m0/s1. The van der Waals surface area contributed by atoms with Crippen molar-refractivity contribution in [1.29, 1.82) is 0 Å². The molecule has 35 heavy (non-hydrogen) atoms. The van der Waals surface area contributed by atoms with Crippen molar-refractivity contribution in [3.8, 4) is 0 Å². The van der Waals surface area contributed by atoms with Gasteiger partial charge in [-0.1, -0.05) is 60.7 Å². The van der Waals surface area contributed by atoms with E-state index >= 15 is 0 Å². The Bertz CT molecular complexity index is 972. The van der Waals surface area contributed by atoms with Gasteiger partial charge in [0.15, 0.2) is 12.4 Å². The summed E-state index contributed by atoms with van der Waals surface area (Å²) in [4.78, 5) is 48.9. The third-order valence-electron chi connectivity index (χ3n) is 4.57. The normalized spacial score (nSPS) is 11.6. The predicted octanol–water partition coefficient (Wildman–Crippen LogP) is 4.01. The Morgan fingerprint density at radius 1 is 0.857 bits per heavy atom. The molecule has 9 nitrogen and oxygen atoms in total. The third-order valence-corrected chi connectivity index (χ3v) is 4.57. The van der Waals surface area contributed by atoms with Gasteiger partial charge in [0.2, 0.25) is 0 Å². The number of carbonyl (C=O) groups is 4. The van der Waals surface area contributed by atoms with Gasteiger partial charge in [0.05, 0.1) is 0 Å². The fraction of sp³-hybridized carbons (Fsp3) is 0.385. The molecule has 0 aliphatic rings. The van der Waals surface area contributed by atoms with E-state index in [1.807, 2.05) is 30.3 Å². The third kappa shape index (κ3) is 11.2. The Morgan fingerprint density at radius 2 is 1.49 bits per heavy atom. The highest BCUT2D eigenvalue weighted by Crippen LogP contribution is 2.09. The highest BCUT2D eigenvalue weighted by molar-refractivity contribution is 5.98. The molecule has 0 spiro atoms. The van der Waals surface area contributed by atoms with Crippen LogP contribution in [0.3, 0.4) is 0 Å². The summed E-state index contributed by atoms with van der Waals surface area (Å²) < 4.78 is 15.5. The number of ketones is 1. The largest absolute Gasteiger partial charge is 0.456 e. The highest BCUT2D eigenvalue weighted by atomic mass is 16.6. The van der Waals surface area contributed by atoms with E-state index in [4.69, 9.17) is 14.2 Å². The van der Waals surface area contributed by atoms with E-state index in [0.717, 1.165) is 5.56 Å². The van der Waals surface area contributed by atoms with E-state index in [1.54, 1.807) is 51.1 Å². The van der Waals surface area contributed by atoms with Gasteiger partial charge >= 0.3 is 18.2 Å². The summed E-state index contributed by atoms with van der Waals surface area (Å²) in [5, 5.41) is 5.08. The molecule has 2 rings (SSSR count). The van der Waals surface area contributed by atoms with E-state index in [9.17, 15) is 19.2 Å². The number of rotatable bonds is 11. The number of esters is 1. The molecule has 0 aliphatic heterocycles. The Hall–Kier alpha value is -3.88. The van der Waals surface area contributed by atoms with Crippen molar-refractivity contribution in [3.05, 3.63) is 71.8 Å². The molecule has 9 heteroatoms. The number of nitrogens with one attached hydrogen (secondary N) is 2. The molecule has 0 radical (unpaired) electrons. The van der Waals surface area contributed by atoms with Gasteiger partial charge in [0, 0.05) is 12.1 Å². The number of alkyl carbamates (subject to hydrolysis) is 2. The maximum Gasteiger partial charge on any atom is 0.408 e. The first-order valence-electron chi connectivity index (χ1n) is 11.3. The first-order chi connectivity index (χ1) is 16.6. The second-order valence-electron chi connectivity index (χ2n) is 8.73. The van der Waals surface area contributed by atoms with Crippen LogP contribution < -0.4 is 10.6 Å². The second-order valence-corrected chi connectivity index (χ2v) is 8.73. The van der Waals surface area contributed by atoms with Crippen LogP contribution in [0.25, 0.3) is 0 Å². The molecule has 0 fully saturated rings. The van der Waals surface area contributed by atoms with Gasteiger partial charge in [-0.2, -0.15) is 0 Å². The molecule has 0 saturated heterocycles. The van der Waals surface area contributed by atoms with Crippen LogP contribution in [0, 0.1) is 0 Å². The Balaban J connectivity index is 1.83. The van der Waals surface area contributed by atoms with Crippen molar-refractivity contribution in [2.75, 3.05) is 13.2 Å². The summed E-state index contributed by atoms with van der Waals surface area (Å²) in [5.74, 6) is -1.13. The zero-order valence-corrected chi connectivity index (χ0v) is 20.2. The first-order valence-corrected chi connectivity index (χ1v) is 11.3. The average molecular weight is 485 g/mol. The minimum Gasteiger partial charge on any atom is -0.456 e. The summed E-state index contributed by atoms with van der Waals surface area (Å²) in [7, 11) is 0. The molecule has 188 valence electrons. The van der Waals surface area contributed by atoms with Gasteiger partial charge in [0.1, 0.15) is 18.2 Å². The molecular formula is C26H32N2O7. The molecule has 2 amide bonds. The van der Waals surface area contributed by atoms with Crippen molar-refractivity contribution in [3.63, 3.8) is 0 Å². The van der Waals surface area contributed by atoms with E-state index in [-0.39, 0.29) is 25.4 Å². The zero-order valence-electron chi connectivity index (χ0n) is 20.2. The number of ether oxygens (including phenoxy) is 3. The van der Waals surface area contributed by atoms with Crippen LogP contribution in [0.1, 0.15) is 49.5 Å². The number of amides is 2. The molecule has 1 atom stereocenters. The van der Waals surface area contributed by atoms with E-state index in [0.29, 0.717) is 12.0 Å². The monoisotopic (exact) mass is 484 g/mol. The fourth-order valence-electron chi connectivity index (χ4n) is 2.91. The first kappa shape index (κ1) is 27.4. The van der Waals surface area contributed by atoms with Gasteiger partial charge < -0.3 is 24.8 Å². The molecule has 0 heterocycles. The molecular weight excluding hydrogens is 452 g/mol. The predicted molar refractivity (Wildman–Crippen MR) is 129 cm³/mol. The van der Waals surface area contributed by atoms with Crippen molar-refractivity contribution in [2.45, 2.75) is 51.9 Å². The molecule has 0 unspecified atom stereocenters. The van der Waals surface area contributed by atoms with Gasteiger partial charge in [-0.25, -0.2) is 14.4 Å². The molecule has 0 aliphatic carbocycles. The Labute approximate surface area is 205 Å². The summed E-state index contributed by atoms with van der Waals surface area (Å²) in [5.41, 5.74) is 0.513. The highest BCUT2D eigenvalue weighted by Gasteiger charge is 2.26. The van der Waals surface area contributed by atoms with Gasteiger partial charge in [0.25, 0.3) is 0 Å². The minimum atomic E-state index is -1.06. The number of Topliss-reactive ketones (excluding diaryl/α,β-unsaturated/α-hetero) is 1. The lowest BCUT2D eigenvalue weighted by Crippen LogP contribution is -2.45. The van der Waals surface area contributed by atoms with Crippen molar-refractivity contribution in [2.24, 2.45) is 0 Å². The number of hydrogen-bond acceptors (Lipinski definition) is 7. The number of benzene rings is 2. The molecule has 2 aromatic rings. The van der Waals surface area contributed by atoms with Crippen molar-refractivity contribution >= 4 is 23.9 Å². The molecule has 2 N–H and O–H groups in total. The van der Waals surface area contributed by atoms with Gasteiger partial charge in [-0.15, -0.1) is 0 Å². The summed E-state index contributed by atoms with van der Waals surface area (Å²) in [6, 6.07) is 16.6. The van der Waals surface area contributed by atoms with Gasteiger partial charge in [-0.3, -0.25) is 4.79 Å². The lowest BCUT2D eigenvalue weighted by molar-refractivity contribution is -0.145. The maximum absolute atomic E-state index is 12.6. The summed E-state index contributed by atoms with van der Waals surface area (Å²) in [6.07, 6.45) is -0.898. The lowest BCUT2D eigenvalue weighted by atomic mass is 10.1. The maximum atomic E-state index is 12.6. The fourth-order valence-corrected chi connectivity index (χ4v) is 2.91. The number of carbonyl (C=O) groups excluding carboxylic acids is 4. The molecule has 0 bridgehead atoms. The molecule has 0 aromatic heterocycles. The average Bonchev–Trinajstić information content (AvgIpc) is 2.83. The smallest absolute Gasteiger partial charge is 0.408 e. The van der Waals surface area contributed by atoms with Gasteiger partial charge in [-0.05, 0) is 39.2 Å². The van der Waals surface area contributed by atoms with Crippen LogP contribution in [0.15, 0.2) is 60.7 Å². The van der Waals surface area contributed by atoms with Crippen molar-refractivity contribution in [1.82, 2.24) is 10.6 Å². The number of hydrogen-bond donors (Lipinski definition) is 2. The van der Waals surface area contributed by atoms with Crippen LogP contribution in [0.4, 0.5) is 9.59 Å². The summed E-state index contributed by atoms with van der Waals surface area (Å²) in [6.45, 7) is 4.98. The SMILES string of the molecule is CC(C)(C)OC(=O)N[C@@H](CCCNC(=O)OCc1ccccc1)C(=O)OCC(=O)c1ccccc1.